The SMILES string of the molecule is CCn1c(-c2cnc(C)nc2)nc2c(N[C@H]3CCN(C(=O)N4CCC4C)C3)ncnc21. The third-order valence-corrected chi connectivity index (χ3v) is 6.25. The summed E-state index contributed by atoms with van der Waals surface area (Å²) in [4.78, 5) is 39.0. The van der Waals surface area contributed by atoms with Gasteiger partial charge < -0.3 is 19.7 Å². The van der Waals surface area contributed by atoms with Gasteiger partial charge in [-0.2, -0.15) is 0 Å². The average Bonchev–Trinajstić information content (AvgIpc) is 3.38. The molecular formula is C21H27N9O. The number of carbonyl (C=O) groups excluding carboxylic acids is 1. The number of fused-ring (bicyclic) bond motifs is 1. The van der Waals surface area contributed by atoms with Gasteiger partial charge in [-0.25, -0.2) is 29.7 Å². The maximum atomic E-state index is 12.7. The maximum absolute atomic E-state index is 12.7. The number of imidazole rings is 1. The number of nitrogens with one attached hydrogen (secondary N) is 1. The maximum Gasteiger partial charge on any atom is 0.320 e. The standard InChI is InChI=1S/C21H27N9O/c1-4-29-19(15-9-22-14(3)23-10-15)27-17-18(24-12-25-20(17)29)26-16-6-7-28(11-16)21(31)30-8-5-13(30)2/h9-10,12-13,16H,4-8,11H2,1-3H3,(H,24,25,26)/t13?,16-/m0/s1. The molecule has 2 aliphatic heterocycles. The molecule has 5 rings (SSSR count). The molecule has 0 aliphatic carbocycles. The first kappa shape index (κ1) is 19.7. The number of likely N-dealkylation sites (tertiary alicyclic amines) is 2. The fourth-order valence-electron chi connectivity index (χ4n) is 4.30. The first-order chi connectivity index (χ1) is 15.0. The summed E-state index contributed by atoms with van der Waals surface area (Å²) in [5.41, 5.74) is 2.34. The van der Waals surface area contributed by atoms with Gasteiger partial charge in [0.2, 0.25) is 0 Å². The van der Waals surface area contributed by atoms with Crippen molar-refractivity contribution < 1.29 is 4.79 Å². The van der Waals surface area contributed by atoms with Crippen LogP contribution in [0.25, 0.3) is 22.6 Å². The predicted molar refractivity (Wildman–Crippen MR) is 117 cm³/mol. The molecule has 1 unspecified atom stereocenters. The van der Waals surface area contributed by atoms with Crippen molar-refractivity contribution in [3.05, 3.63) is 24.5 Å². The van der Waals surface area contributed by atoms with Gasteiger partial charge in [0.05, 0.1) is 5.56 Å². The summed E-state index contributed by atoms with van der Waals surface area (Å²) in [7, 11) is 0. The van der Waals surface area contributed by atoms with Crippen molar-refractivity contribution in [3.8, 4) is 11.4 Å². The molecule has 0 radical (unpaired) electrons. The van der Waals surface area contributed by atoms with E-state index in [1.54, 1.807) is 18.7 Å². The molecule has 2 saturated heterocycles. The molecule has 10 heteroatoms. The van der Waals surface area contributed by atoms with E-state index in [4.69, 9.17) is 4.98 Å². The minimum absolute atomic E-state index is 0.136. The molecule has 2 atom stereocenters. The summed E-state index contributed by atoms with van der Waals surface area (Å²) in [6.45, 7) is 9.02. The second-order valence-corrected chi connectivity index (χ2v) is 8.28. The van der Waals surface area contributed by atoms with Crippen LogP contribution in [-0.4, -0.2) is 77.0 Å². The lowest BCUT2D eigenvalue weighted by molar-refractivity contribution is 0.0982. The van der Waals surface area contributed by atoms with Crippen LogP contribution < -0.4 is 5.32 Å². The monoisotopic (exact) mass is 421 g/mol. The van der Waals surface area contributed by atoms with Crippen molar-refractivity contribution in [3.63, 3.8) is 0 Å². The van der Waals surface area contributed by atoms with Crippen LogP contribution in [0.5, 0.6) is 0 Å². The van der Waals surface area contributed by atoms with E-state index in [1.165, 1.54) is 0 Å². The topological polar surface area (TPSA) is 105 Å². The summed E-state index contributed by atoms with van der Waals surface area (Å²) in [5.74, 6) is 2.19. The lowest BCUT2D eigenvalue weighted by atomic mass is 10.1. The average molecular weight is 422 g/mol. The Hall–Kier alpha value is -3.30. The number of aromatic nitrogens is 6. The number of nitrogens with zero attached hydrogens (tertiary/aromatic N) is 8. The third-order valence-electron chi connectivity index (χ3n) is 6.25. The normalized spacial score (nSPS) is 20.9. The summed E-state index contributed by atoms with van der Waals surface area (Å²) in [6, 6.07) is 0.632. The zero-order valence-corrected chi connectivity index (χ0v) is 18.1. The Labute approximate surface area is 180 Å². The van der Waals surface area contributed by atoms with Gasteiger partial charge in [0.15, 0.2) is 17.0 Å². The summed E-state index contributed by atoms with van der Waals surface area (Å²) >= 11 is 0. The van der Waals surface area contributed by atoms with Crippen molar-refractivity contribution >= 4 is 23.0 Å². The number of rotatable bonds is 4. The molecular weight excluding hydrogens is 394 g/mol. The number of carbonyl (C=O) groups is 1. The highest BCUT2D eigenvalue weighted by Gasteiger charge is 2.35. The largest absolute Gasteiger partial charge is 0.364 e. The molecule has 2 amide bonds. The third kappa shape index (κ3) is 3.45. The molecule has 1 N–H and O–H groups in total. The first-order valence-corrected chi connectivity index (χ1v) is 10.9. The van der Waals surface area contributed by atoms with E-state index < -0.39 is 0 Å². The van der Waals surface area contributed by atoms with Crippen LogP contribution in [-0.2, 0) is 6.54 Å². The molecule has 3 aromatic rings. The Morgan fingerprint density at radius 2 is 1.97 bits per heavy atom. The molecule has 162 valence electrons. The van der Waals surface area contributed by atoms with Crippen molar-refractivity contribution in [2.45, 2.75) is 52.2 Å². The van der Waals surface area contributed by atoms with Crippen LogP contribution in [0.3, 0.4) is 0 Å². The number of hydrogen-bond acceptors (Lipinski definition) is 7. The van der Waals surface area contributed by atoms with Crippen LogP contribution in [0, 0.1) is 6.92 Å². The molecule has 5 heterocycles. The fourth-order valence-corrected chi connectivity index (χ4v) is 4.30. The predicted octanol–water partition coefficient (Wildman–Crippen LogP) is 2.31. The van der Waals surface area contributed by atoms with Gasteiger partial charge in [-0.15, -0.1) is 0 Å². The highest BCUT2D eigenvalue weighted by Crippen LogP contribution is 2.28. The Morgan fingerprint density at radius 1 is 1.16 bits per heavy atom. The number of anilines is 1. The van der Waals surface area contributed by atoms with E-state index in [9.17, 15) is 4.79 Å². The first-order valence-electron chi connectivity index (χ1n) is 10.9. The second kappa shape index (κ2) is 7.75. The van der Waals surface area contributed by atoms with Crippen LogP contribution in [0.1, 0.15) is 32.5 Å². The summed E-state index contributed by atoms with van der Waals surface area (Å²) in [5, 5.41) is 3.51. The van der Waals surface area contributed by atoms with E-state index in [0.717, 1.165) is 60.9 Å². The zero-order valence-electron chi connectivity index (χ0n) is 18.1. The quantitative estimate of drug-likeness (QED) is 0.689. The molecule has 10 nitrogen and oxygen atoms in total. The Morgan fingerprint density at radius 3 is 2.65 bits per heavy atom. The number of hydrogen-bond donors (Lipinski definition) is 1. The van der Waals surface area contributed by atoms with E-state index in [0.29, 0.717) is 18.4 Å². The number of urea groups is 1. The van der Waals surface area contributed by atoms with E-state index in [1.807, 2.05) is 21.3 Å². The zero-order chi connectivity index (χ0) is 21.5. The molecule has 0 bridgehead atoms. The Bertz CT molecular complexity index is 1110. The smallest absolute Gasteiger partial charge is 0.320 e. The van der Waals surface area contributed by atoms with Gasteiger partial charge in [-0.3, -0.25) is 0 Å². The van der Waals surface area contributed by atoms with Crippen molar-refractivity contribution in [2.75, 3.05) is 25.0 Å². The van der Waals surface area contributed by atoms with Crippen LogP contribution in [0.4, 0.5) is 10.6 Å². The van der Waals surface area contributed by atoms with Crippen LogP contribution in [0.2, 0.25) is 0 Å². The number of amides is 2. The fraction of sp³-hybridized carbons (Fsp3) is 0.524. The van der Waals surface area contributed by atoms with E-state index >= 15 is 0 Å². The van der Waals surface area contributed by atoms with Crippen LogP contribution >= 0.6 is 0 Å². The molecule has 3 aromatic heterocycles. The van der Waals surface area contributed by atoms with Gasteiger partial charge in [-0.1, -0.05) is 0 Å². The molecule has 0 spiro atoms. The van der Waals surface area contributed by atoms with E-state index in [-0.39, 0.29) is 12.1 Å². The molecule has 0 saturated carbocycles. The van der Waals surface area contributed by atoms with Crippen molar-refractivity contribution in [1.82, 2.24) is 39.3 Å². The van der Waals surface area contributed by atoms with Crippen molar-refractivity contribution in [1.29, 1.82) is 0 Å². The Kier molecular flexibility index (Phi) is 4.91. The second-order valence-electron chi connectivity index (χ2n) is 8.28. The summed E-state index contributed by atoms with van der Waals surface area (Å²) in [6.07, 6.45) is 7.11. The highest BCUT2D eigenvalue weighted by molar-refractivity contribution is 5.86. The lowest BCUT2D eigenvalue weighted by Crippen LogP contribution is -2.54. The molecule has 31 heavy (non-hydrogen) atoms. The minimum atomic E-state index is 0.136. The molecule has 2 aliphatic rings. The van der Waals surface area contributed by atoms with Crippen molar-refractivity contribution in [2.24, 2.45) is 0 Å². The van der Waals surface area contributed by atoms with Gasteiger partial charge >= 0.3 is 6.03 Å². The molecule has 2 fully saturated rings. The minimum Gasteiger partial charge on any atom is -0.364 e. The van der Waals surface area contributed by atoms with E-state index in [2.05, 4.69) is 39.1 Å². The van der Waals surface area contributed by atoms with Gasteiger partial charge in [0.25, 0.3) is 0 Å². The lowest BCUT2D eigenvalue weighted by Gasteiger charge is -2.40. The van der Waals surface area contributed by atoms with Gasteiger partial charge in [0, 0.05) is 50.7 Å². The highest BCUT2D eigenvalue weighted by atomic mass is 16.2. The molecule has 0 aromatic carbocycles. The van der Waals surface area contributed by atoms with Crippen LogP contribution in [0.15, 0.2) is 18.7 Å². The summed E-state index contributed by atoms with van der Waals surface area (Å²) < 4.78 is 2.05. The number of aryl methyl sites for hydroxylation is 2. The van der Waals surface area contributed by atoms with Gasteiger partial charge in [-0.05, 0) is 33.6 Å². The van der Waals surface area contributed by atoms with Gasteiger partial charge in [0.1, 0.15) is 18.0 Å². The Balaban J connectivity index is 1.39.